The maximum atomic E-state index is 9.38. The molecule has 0 bridgehead atoms. The van der Waals surface area contributed by atoms with Gasteiger partial charge in [0, 0.05) is 6.54 Å². The Hall–Kier alpha value is -1.35. The highest BCUT2D eigenvalue weighted by atomic mass is 16.3. The monoisotopic (exact) mass is 246 g/mol. The average Bonchev–Trinajstić information content (AvgIpc) is 2.77. The van der Waals surface area contributed by atoms with Crippen LogP contribution in [-0.4, -0.2) is 14.7 Å². The SMILES string of the molecule is CCCCCCCn1c(CO)nc2ccccc21. The van der Waals surface area contributed by atoms with Crippen LogP contribution in [0.25, 0.3) is 11.0 Å². The van der Waals surface area contributed by atoms with Gasteiger partial charge in [0.15, 0.2) is 0 Å². The molecule has 0 radical (unpaired) electrons. The number of unbranched alkanes of at least 4 members (excludes halogenated alkanes) is 4. The van der Waals surface area contributed by atoms with E-state index in [0.29, 0.717) is 0 Å². The van der Waals surface area contributed by atoms with Gasteiger partial charge < -0.3 is 9.67 Å². The summed E-state index contributed by atoms with van der Waals surface area (Å²) in [5.41, 5.74) is 2.12. The van der Waals surface area contributed by atoms with Crippen LogP contribution in [-0.2, 0) is 13.2 Å². The first kappa shape index (κ1) is 13.1. The Labute approximate surface area is 108 Å². The van der Waals surface area contributed by atoms with E-state index in [1.165, 1.54) is 25.7 Å². The van der Waals surface area contributed by atoms with Gasteiger partial charge in [0.1, 0.15) is 12.4 Å². The molecule has 0 saturated heterocycles. The Bertz CT molecular complexity index is 490. The van der Waals surface area contributed by atoms with Gasteiger partial charge in [-0.1, -0.05) is 44.7 Å². The number of hydrogen-bond donors (Lipinski definition) is 1. The zero-order valence-electron chi connectivity index (χ0n) is 11.1. The van der Waals surface area contributed by atoms with E-state index in [-0.39, 0.29) is 6.61 Å². The fourth-order valence-electron chi connectivity index (χ4n) is 2.37. The van der Waals surface area contributed by atoms with Crippen molar-refractivity contribution in [2.75, 3.05) is 0 Å². The van der Waals surface area contributed by atoms with Crippen molar-refractivity contribution >= 4 is 11.0 Å². The molecule has 1 aromatic carbocycles. The standard InChI is InChI=1S/C15H22N2O/c1-2-3-4-5-8-11-17-14-10-7-6-9-13(14)16-15(17)12-18/h6-7,9-10,18H,2-5,8,11-12H2,1H3. The molecule has 0 saturated carbocycles. The van der Waals surface area contributed by atoms with Crippen molar-refractivity contribution in [3.63, 3.8) is 0 Å². The summed E-state index contributed by atoms with van der Waals surface area (Å²) in [7, 11) is 0. The third kappa shape index (κ3) is 2.91. The van der Waals surface area contributed by atoms with E-state index < -0.39 is 0 Å². The van der Waals surface area contributed by atoms with Crippen molar-refractivity contribution in [3.05, 3.63) is 30.1 Å². The normalized spacial score (nSPS) is 11.2. The van der Waals surface area contributed by atoms with E-state index >= 15 is 0 Å². The number of rotatable bonds is 7. The molecule has 3 nitrogen and oxygen atoms in total. The molecule has 18 heavy (non-hydrogen) atoms. The van der Waals surface area contributed by atoms with E-state index in [9.17, 15) is 5.11 Å². The predicted molar refractivity (Wildman–Crippen MR) is 74.4 cm³/mol. The number of aliphatic hydroxyl groups excluding tert-OH is 1. The molecule has 1 heterocycles. The Morgan fingerprint density at radius 2 is 1.89 bits per heavy atom. The number of para-hydroxylation sites is 2. The molecular formula is C15H22N2O. The second-order valence-electron chi connectivity index (χ2n) is 4.74. The van der Waals surface area contributed by atoms with Gasteiger partial charge >= 0.3 is 0 Å². The Balaban J connectivity index is 2.06. The second kappa shape index (κ2) is 6.55. The van der Waals surface area contributed by atoms with Gasteiger partial charge in [-0.25, -0.2) is 4.98 Å². The highest BCUT2D eigenvalue weighted by Gasteiger charge is 2.08. The van der Waals surface area contributed by atoms with Crippen molar-refractivity contribution in [1.29, 1.82) is 0 Å². The summed E-state index contributed by atoms with van der Waals surface area (Å²) in [5, 5.41) is 9.38. The number of benzene rings is 1. The molecule has 98 valence electrons. The lowest BCUT2D eigenvalue weighted by Crippen LogP contribution is -2.04. The average molecular weight is 246 g/mol. The smallest absolute Gasteiger partial charge is 0.135 e. The molecule has 0 amide bonds. The second-order valence-corrected chi connectivity index (χ2v) is 4.74. The summed E-state index contributed by atoms with van der Waals surface area (Å²) in [4.78, 5) is 4.46. The van der Waals surface area contributed by atoms with Crippen LogP contribution in [0.2, 0.25) is 0 Å². The highest BCUT2D eigenvalue weighted by molar-refractivity contribution is 5.75. The minimum absolute atomic E-state index is 0.0175. The number of nitrogens with zero attached hydrogens (tertiary/aromatic N) is 2. The topological polar surface area (TPSA) is 38.0 Å². The lowest BCUT2D eigenvalue weighted by molar-refractivity contribution is 0.265. The van der Waals surface area contributed by atoms with E-state index in [0.717, 1.165) is 29.8 Å². The minimum Gasteiger partial charge on any atom is -0.388 e. The summed E-state index contributed by atoms with van der Waals surface area (Å²) in [6.45, 7) is 3.21. The molecule has 0 aliphatic carbocycles. The maximum Gasteiger partial charge on any atom is 0.135 e. The van der Waals surface area contributed by atoms with E-state index in [4.69, 9.17) is 0 Å². The Kier molecular flexibility index (Phi) is 4.76. The molecule has 2 rings (SSSR count). The van der Waals surface area contributed by atoms with Gasteiger partial charge in [0.2, 0.25) is 0 Å². The van der Waals surface area contributed by atoms with E-state index in [2.05, 4.69) is 22.5 Å². The first-order valence-corrected chi connectivity index (χ1v) is 6.91. The van der Waals surface area contributed by atoms with Crippen molar-refractivity contribution in [1.82, 2.24) is 9.55 Å². The number of fused-ring (bicyclic) bond motifs is 1. The number of aliphatic hydroxyl groups is 1. The van der Waals surface area contributed by atoms with Gasteiger partial charge in [-0.05, 0) is 18.6 Å². The lowest BCUT2D eigenvalue weighted by atomic mass is 10.1. The fourth-order valence-corrected chi connectivity index (χ4v) is 2.37. The molecule has 0 unspecified atom stereocenters. The molecule has 2 aromatic rings. The van der Waals surface area contributed by atoms with Gasteiger partial charge in [-0.3, -0.25) is 0 Å². The number of aryl methyl sites for hydroxylation is 1. The van der Waals surface area contributed by atoms with Gasteiger partial charge in [-0.2, -0.15) is 0 Å². The molecule has 0 aliphatic heterocycles. The third-order valence-electron chi connectivity index (χ3n) is 3.36. The molecule has 3 heteroatoms. The number of hydrogen-bond acceptors (Lipinski definition) is 2. The number of aromatic nitrogens is 2. The lowest BCUT2D eigenvalue weighted by Gasteiger charge is -2.07. The molecule has 1 aromatic heterocycles. The first-order valence-electron chi connectivity index (χ1n) is 6.91. The van der Waals surface area contributed by atoms with Crippen LogP contribution in [0, 0.1) is 0 Å². The summed E-state index contributed by atoms with van der Waals surface area (Å²) in [6, 6.07) is 8.09. The summed E-state index contributed by atoms with van der Waals surface area (Å²) in [6.07, 6.45) is 6.31. The van der Waals surface area contributed by atoms with Crippen LogP contribution in [0.1, 0.15) is 44.9 Å². The van der Waals surface area contributed by atoms with Gasteiger partial charge in [-0.15, -0.1) is 0 Å². The van der Waals surface area contributed by atoms with Crippen LogP contribution in [0.3, 0.4) is 0 Å². The van der Waals surface area contributed by atoms with Crippen molar-refractivity contribution in [2.24, 2.45) is 0 Å². The zero-order valence-corrected chi connectivity index (χ0v) is 11.1. The minimum atomic E-state index is 0.0175. The van der Waals surface area contributed by atoms with Crippen molar-refractivity contribution in [2.45, 2.75) is 52.2 Å². The predicted octanol–water partition coefficient (Wildman–Crippen LogP) is 3.50. The molecule has 0 aliphatic rings. The summed E-state index contributed by atoms with van der Waals surface area (Å²) < 4.78 is 2.15. The van der Waals surface area contributed by atoms with E-state index in [1.807, 2.05) is 18.2 Å². The molecule has 0 fully saturated rings. The van der Waals surface area contributed by atoms with Crippen LogP contribution in [0.5, 0.6) is 0 Å². The highest BCUT2D eigenvalue weighted by Crippen LogP contribution is 2.17. The largest absolute Gasteiger partial charge is 0.388 e. The molecule has 0 atom stereocenters. The van der Waals surface area contributed by atoms with Crippen molar-refractivity contribution in [3.8, 4) is 0 Å². The van der Waals surface area contributed by atoms with Crippen LogP contribution in [0.15, 0.2) is 24.3 Å². The summed E-state index contributed by atoms with van der Waals surface area (Å²) >= 11 is 0. The van der Waals surface area contributed by atoms with Crippen molar-refractivity contribution < 1.29 is 5.11 Å². The Morgan fingerprint density at radius 3 is 2.67 bits per heavy atom. The van der Waals surface area contributed by atoms with Gasteiger partial charge in [0.25, 0.3) is 0 Å². The quantitative estimate of drug-likeness (QED) is 0.759. The first-order chi connectivity index (χ1) is 8.86. The fraction of sp³-hybridized carbons (Fsp3) is 0.533. The molecule has 1 N–H and O–H groups in total. The summed E-state index contributed by atoms with van der Waals surface area (Å²) in [5.74, 6) is 0.784. The third-order valence-corrected chi connectivity index (χ3v) is 3.36. The van der Waals surface area contributed by atoms with Crippen LogP contribution >= 0.6 is 0 Å². The van der Waals surface area contributed by atoms with Crippen LogP contribution in [0.4, 0.5) is 0 Å². The van der Waals surface area contributed by atoms with E-state index in [1.54, 1.807) is 0 Å². The Morgan fingerprint density at radius 1 is 1.11 bits per heavy atom. The number of imidazole rings is 1. The maximum absolute atomic E-state index is 9.38. The molecule has 0 spiro atoms. The molecular weight excluding hydrogens is 224 g/mol. The zero-order chi connectivity index (χ0) is 12.8. The van der Waals surface area contributed by atoms with Gasteiger partial charge in [0.05, 0.1) is 11.0 Å². The van der Waals surface area contributed by atoms with Crippen LogP contribution < -0.4 is 0 Å².